The molecule has 2 saturated carbocycles. The zero-order chi connectivity index (χ0) is 12.8. The van der Waals surface area contributed by atoms with Gasteiger partial charge in [-0.15, -0.1) is 0 Å². The van der Waals surface area contributed by atoms with Crippen molar-refractivity contribution in [3.8, 4) is 0 Å². The van der Waals surface area contributed by atoms with E-state index in [0.29, 0.717) is 23.3 Å². The molecule has 0 bridgehead atoms. The molecule has 18 heavy (non-hydrogen) atoms. The molecule has 2 N–H and O–H groups in total. The lowest BCUT2D eigenvalue weighted by Crippen LogP contribution is -2.53. The number of carbonyl (C=O) groups is 1. The molecule has 1 amide bonds. The number of carbonyl (C=O) groups excluding carboxylic acids is 1. The molecular weight excluding hydrogens is 224 g/mol. The summed E-state index contributed by atoms with van der Waals surface area (Å²) in [6.07, 6.45) is 6.20. The van der Waals surface area contributed by atoms with Crippen LogP contribution >= 0.6 is 0 Å². The second-order valence-corrected chi connectivity index (χ2v) is 7.27. The first kappa shape index (κ1) is 12.5. The number of hydrogen-bond donors (Lipinski definition) is 2. The fraction of sp³-hybridized carbons (Fsp3) is 0.933. The van der Waals surface area contributed by atoms with Crippen LogP contribution in [0.1, 0.15) is 46.0 Å². The summed E-state index contributed by atoms with van der Waals surface area (Å²) in [5.74, 6) is 2.42. The van der Waals surface area contributed by atoms with Gasteiger partial charge in [0.1, 0.15) is 0 Å². The van der Waals surface area contributed by atoms with Gasteiger partial charge in [0.25, 0.3) is 0 Å². The fourth-order valence-electron chi connectivity index (χ4n) is 3.90. The first-order chi connectivity index (χ1) is 8.56. The van der Waals surface area contributed by atoms with Gasteiger partial charge >= 0.3 is 0 Å². The van der Waals surface area contributed by atoms with Gasteiger partial charge in [-0.3, -0.25) is 4.79 Å². The van der Waals surface area contributed by atoms with Crippen LogP contribution in [-0.2, 0) is 4.79 Å². The molecule has 3 fully saturated rings. The zero-order valence-corrected chi connectivity index (χ0v) is 11.7. The average molecular weight is 250 g/mol. The van der Waals surface area contributed by atoms with Crippen LogP contribution in [0.25, 0.3) is 0 Å². The average Bonchev–Trinajstić information content (AvgIpc) is 2.94. The van der Waals surface area contributed by atoms with E-state index in [2.05, 4.69) is 24.5 Å². The molecule has 3 unspecified atom stereocenters. The van der Waals surface area contributed by atoms with Crippen molar-refractivity contribution in [3.63, 3.8) is 0 Å². The Morgan fingerprint density at radius 3 is 2.67 bits per heavy atom. The second-order valence-electron chi connectivity index (χ2n) is 7.27. The first-order valence-corrected chi connectivity index (χ1v) is 7.57. The molecule has 0 aromatic carbocycles. The van der Waals surface area contributed by atoms with Gasteiger partial charge in [-0.05, 0) is 55.9 Å². The topological polar surface area (TPSA) is 41.1 Å². The van der Waals surface area contributed by atoms with Gasteiger partial charge < -0.3 is 10.6 Å². The Labute approximate surface area is 110 Å². The summed E-state index contributed by atoms with van der Waals surface area (Å²) in [6.45, 7) is 6.51. The van der Waals surface area contributed by atoms with Crippen LogP contribution in [0.2, 0.25) is 0 Å². The van der Waals surface area contributed by atoms with Gasteiger partial charge in [-0.1, -0.05) is 13.8 Å². The SMILES string of the molecule is CC1(C)CCCNC1CNC(=O)C1CC2CC2C1. The van der Waals surface area contributed by atoms with E-state index < -0.39 is 0 Å². The number of fused-ring (bicyclic) bond motifs is 1. The van der Waals surface area contributed by atoms with Crippen LogP contribution in [0.4, 0.5) is 0 Å². The Hall–Kier alpha value is -0.570. The summed E-state index contributed by atoms with van der Waals surface area (Å²) in [4.78, 5) is 12.1. The molecule has 0 spiro atoms. The van der Waals surface area contributed by atoms with Crippen LogP contribution in [0, 0.1) is 23.2 Å². The highest BCUT2D eigenvalue weighted by Crippen LogP contribution is 2.54. The Morgan fingerprint density at radius 2 is 2.00 bits per heavy atom. The molecule has 3 rings (SSSR count). The normalized spacial score (nSPS) is 41.2. The second kappa shape index (κ2) is 4.52. The van der Waals surface area contributed by atoms with E-state index in [1.165, 1.54) is 19.3 Å². The van der Waals surface area contributed by atoms with Crippen molar-refractivity contribution in [1.29, 1.82) is 0 Å². The lowest BCUT2D eigenvalue weighted by Gasteiger charge is -2.39. The van der Waals surface area contributed by atoms with E-state index in [9.17, 15) is 4.79 Å². The Morgan fingerprint density at radius 1 is 1.28 bits per heavy atom. The zero-order valence-electron chi connectivity index (χ0n) is 11.7. The Kier molecular flexibility index (Phi) is 3.13. The first-order valence-electron chi connectivity index (χ1n) is 7.57. The van der Waals surface area contributed by atoms with Gasteiger partial charge in [0.05, 0.1) is 0 Å². The predicted octanol–water partition coefficient (Wildman–Crippen LogP) is 1.93. The van der Waals surface area contributed by atoms with Gasteiger partial charge in [-0.25, -0.2) is 0 Å². The van der Waals surface area contributed by atoms with E-state index >= 15 is 0 Å². The Bertz CT molecular complexity index is 329. The third-order valence-corrected chi connectivity index (χ3v) is 5.43. The van der Waals surface area contributed by atoms with Crippen LogP contribution in [0.5, 0.6) is 0 Å². The van der Waals surface area contributed by atoms with Crippen molar-refractivity contribution in [2.24, 2.45) is 23.2 Å². The van der Waals surface area contributed by atoms with Gasteiger partial charge in [0, 0.05) is 18.5 Å². The van der Waals surface area contributed by atoms with Crippen LogP contribution < -0.4 is 10.6 Å². The predicted molar refractivity (Wildman–Crippen MR) is 72.1 cm³/mol. The third kappa shape index (κ3) is 2.42. The van der Waals surface area contributed by atoms with Gasteiger partial charge in [0.2, 0.25) is 5.91 Å². The molecule has 1 saturated heterocycles. The van der Waals surface area contributed by atoms with Crippen molar-refractivity contribution in [2.75, 3.05) is 13.1 Å². The Balaban J connectivity index is 1.46. The third-order valence-electron chi connectivity index (χ3n) is 5.43. The molecule has 0 aromatic heterocycles. The molecular formula is C15H26N2O. The number of hydrogen-bond acceptors (Lipinski definition) is 2. The standard InChI is InChI=1S/C15H26N2O/c1-15(2)4-3-5-16-13(15)9-17-14(18)12-7-10-6-11(10)8-12/h10-13,16H,3-9H2,1-2H3,(H,17,18). The van der Waals surface area contributed by atoms with E-state index in [1.807, 2.05) is 0 Å². The lowest BCUT2D eigenvalue weighted by molar-refractivity contribution is -0.125. The van der Waals surface area contributed by atoms with E-state index in [1.54, 1.807) is 0 Å². The number of amides is 1. The molecule has 3 nitrogen and oxygen atoms in total. The number of nitrogens with one attached hydrogen (secondary N) is 2. The summed E-state index contributed by atoms with van der Waals surface area (Å²) >= 11 is 0. The fourth-order valence-corrected chi connectivity index (χ4v) is 3.90. The maximum absolute atomic E-state index is 12.1. The molecule has 3 heteroatoms. The molecule has 3 aliphatic rings. The van der Waals surface area contributed by atoms with Crippen LogP contribution in [-0.4, -0.2) is 25.0 Å². The highest BCUT2D eigenvalue weighted by atomic mass is 16.1. The molecule has 3 atom stereocenters. The minimum atomic E-state index is 0.309. The monoisotopic (exact) mass is 250 g/mol. The molecule has 1 aliphatic heterocycles. The summed E-state index contributed by atoms with van der Waals surface area (Å²) in [5.41, 5.74) is 0.309. The van der Waals surface area contributed by atoms with E-state index in [0.717, 1.165) is 37.8 Å². The highest BCUT2D eigenvalue weighted by molar-refractivity contribution is 5.79. The molecule has 1 heterocycles. The van der Waals surface area contributed by atoms with Crippen molar-refractivity contribution in [2.45, 2.75) is 52.0 Å². The molecule has 2 aliphatic carbocycles. The number of piperidine rings is 1. The van der Waals surface area contributed by atoms with Crippen LogP contribution in [0.15, 0.2) is 0 Å². The molecule has 0 aromatic rings. The van der Waals surface area contributed by atoms with E-state index in [4.69, 9.17) is 0 Å². The van der Waals surface area contributed by atoms with Crippen molar-refractivity contribution < 1.29 is 4.79 Å². The quantitative estimate of drug-likeness (QED) is 0.803. The van der Waals surface area contributed by atoms with Gasteiger partial charge in [-0.2, -0.15) is 0 Å². The number of rotatable bonds is 3. The van der Waals surface area contributed by atoms with Crippen LogP contribution in [0.3, 0.4) is 0 Å². The highest BCUT2D eigenvalue weighted by Gasteiger charge is 2.48. The minimum Gasteiger partial charge on any atom is -0.354 e. The lowest BCUT2D eigenvalue weighted by atomic mass is 9.77. The molecule has 102 valence electrons. The van der Waals surface area contributed by atoms with Crippen molar-refractivity contribution >= 4 is 5.91 Å². The molecule has 0 radical (unpaired) electrons. The maximum Gasteiger partial charge on any atom is 0.223 e. The van der Waals surface area contributed by atoms with E-state index in [-0.39, 0.29) is 0 Å². The largest absolute Gasteiger partial charge is 0.354 e. The summed E-state index contributed by atoms with van der Waals surface area (Å²) < 4.78 is 0. The summed E-state index contributed by atoms with van der Waals surface area (Å²) in [6, 6.07) is 0.436. The smallest absolute Gasteiger partial charge is 0.223 e. The van der Waals surface area contributed by atoms with Crippen molar-refractivity contribution in [3.05, 3.63) is 0 Å². The van der Waals surface area contributed by atoms with Gasteiger partial charge in [0.15, 0.2) is 0 Å². The van der Waals surface area contributed by atoms with Crippen molar-refractivity contribution in [1.82, 2.24) is 10.6 Å². The minimum absolute atomic E-state index is 0.309. The maximum atomic E-state index is 12.1. The summed E-state index contributed by atoms with van der Waals surface area (Å²) in [7, 11) is 0. The summed E-state index contributed by atoms with van der Waals surface area (Å²) in [5, 5.41) is 6.75.